The second kappa shape index (κ2) is 8.82. The van der Waals surface area contributed by atoms with Crippen molar-refractivity contribution in [3.05, 3.63) is 46.3 Å². The molecule has 0 radical (unpaired) electrons. The van der Waals surface area contributed by atoms with Gasteiger partial charge in [0.15, 0.2) is 5.96 Å². The van der Waals surface area contributed by atoms with Crippen LogP contribution in [0, 0.1) is 0 Å². The van der Waals surface area contributed by atoms with Crippen LogP contribution < -0.4 is 15.5 Å². The van der Waals surface area contributed by atoms with E-state index in [4.69, 9.17) is 0 Å². The Labute approximate surface area is 153 Å². The topological polar surface area (TPSA) is 55.8 Å². The van der Waals surface area contributed by atoms with Gasteiger partial charge in [-0.25, -0.2) is 4.98 Å². The molecule has 0 aliphatic carbocycles. The number of hydrogen-bond acceptors (Lipinski definition) is 5. The number of nitrogens with one attached hydrogen (secondary N) is 2. The lowest BCUT2D eigenvalue weighted by Crippen LogP contribution is -2.45. The number of anilines is 1. The van der Waals surface area contributed by atoms with Gasteiger partial charge in [0.2, 0.25) is 0 Å². The summed E-state index contributed by atoms with van der Waals surface area (Å²) < 4.78 is 0. The smallest absolute Gasteiger partial charge is 0.191 e. The number of piperazine rings is 1. The molecular weight excluding hydrogens is 332 g/mol. The maximum absolute atomic E-state index is 4.63. The number of pyridine rings is 1. The largest absolute Gasteiger partial charge is 0.354 e. The Hall–Kier alpha value is -2.12. The molecule has 7 heteroatoms. The molecular formula is C18H26N6S. The van der Waals surface area contributed by atoms with Gasteiger partial charge in [0.1, 0.15) is 5.82 Å². The monoisotopic (exact) mass is 358 g/mol. The molecule has 1 saturated heterocycles. The van der Waals surface area contributed by atoms with Gasteiger partial charge < -0.3 is 20.4 Å². The first-order chi connectivity index (χ1) is 12.3. The zero-order valence-corrected chi connectivity index (χ0v) is 15.7. The van der Waals surface area contributed by atoms with E-state index in [-0.39, 0.29) is 0 Å². The van der Waals surface area contributed by atoms with E-state index in [2.05, 4.69) is 61.0 Å². The molecule has 1 aliphatic rings. The van der Waals surface area contributed by atoms with Gasteiger partial charge in [-0.1, -0.05) is 12.1 Å². The summed E-state index contributed by atoms with van der Waals surface area (Å²) in [5.74, 6) is 1.89. The molecule has 25 heavy (non-hydrogen) atoms. The number of aliphatic imine (C=N–C) groups is 1. The molecule has 6 nitrogen and oxygen atoms in total. The third kappa shape index (κ3) is 4.93. The molecule has 2 aromatic rings. The highest BCUT2D eigenvalue weighted by molar-refractivity contribution is 7.09. The molecule has 1 aliphatic heterocycles. The molecule has 0 unspecified atom stereocenters. The van der Waals surface area contributed by atoms with E-state index in [1.165, 1.54) is 10.4 Å². The molecule has 3 rings (SSSR count). The molecule has 0 amide bonds. The second-order valence-corrected chi connectivity index (χ2v) is 7.17. The van der Waals surface area contributed by atoms with E-state index >= 15 is 0 Å². The van der Waals surface area contributed by atoms with Crippen LogP contribution in [0.1, 0.15) is 10.4 Å². The van der Waals surface area contributed by atoms with Gasteiger partial charge in [0, 0.05) is 56.4 Å². The quantitative estimate of drug-likeness (QED) is 0.630. The summed E-state index contributed by atoms with van der Waals surface area (Å²) in [6.07, 6.45) is 1.88. The standard InChI is InChI=1S/C18H26N6S/c1-19-18(22-14-16-6-4-12-25-16)21-13-15-5-3-7-20-17(15)24-10-8-23(2)9-11-24/h3-7,12H,8-11,13-14H2,1-2H3,(H2,19,21,22). The van der Waals surface area contributed by atoms with Crippen molar-refractivity contribution in [1.29, 1.82) is 0 Å². The van der Waals surface area contributed by atoms with Crippen LogP contribution in [0.25, 0.3) is 0 Å². The SMILES string of the molecule is CN=C(NCc1cccs1)NCc1cccnc1N1CCN(C)CC1. The third-order valence-corrected chi connectivity index (χ3v) is 5.23. The van der Waals surface area contributed by atoms with Gasteiger partial charge in [-0.15, -0.1) is 11.3 Å². The first-order valence-corrected chi connectivity index (χ1v) is 9.48. The van der Waals surface area contributed by atoms with E-state index in [1.807, 2.05) is 12.3 Å². The van der Waals surface area contributed by atoms with Crippen molar-refractivity contribution in [2.45, 2.75) is 13.1 Å². The minimum absolute atomic E-state index is 0.708. The fourth-order valence-corrected chi connectivity index (χ4v) is 3.50. The Morgan fingerprint density at radius 2 is 1.96 bits per heavy atom. The van der Waals surface area contributed by atoms with Gasteiger partial charge >= 0.3 is 0 Å². The predicted octanol–water partition coefficient (Wildman–Crippen LogP) is 1.76. The van der Waals surface area contributed by atoms with Crippen molar-refractivity contribution in [2.75, 3.05) is 45.2 Å². The highest BCUT2D eigenvalue weighted by Gasteiger charge is 2.17. The van der Waals surface area contributed by atoms with Gasteiger partial charge in [-0.2, -0.15) is 0 Å². The summed E-state index contributed by atoms with van der Waals surface area (Å²) in [4.78, 5) is 15.0. The molecule has 0 spiro atoms. The van der Waals surface area contributed by atoms with Gasteiger partial charge in [-0.3, -0.25) is 4.99 Å². The average molecular weight is 359 g/mol. The minimum atomic E-state index is 0.708. The van der Waals surface area contributed by atoms with Crippen LogP contribution in [0.5, 0.6) is 0 Å². The van der Waals surface area contributed by atoms with Crippen molar-refractivity contribution >= 4 is 23.1 Å². The molecule has 0 aromatic carbocycles. The number of thiophene rings is 1. The zero-order valence-electron chi connectivity index (χ0n) is 14.9. The molecule has 2 N–H and O–H groups in total. The van der Waals surface area contributed by atoms with E-state index in [9.17, 15) is 0 Å². The summed E-state index contributed by atoms with van der Waals surface area (Å²) in [6, 6.07) is 8.33. The van der Waals surface area contributed by atoms with Crippen molar-refractivity contribution in [3.8, 4) is 0 Å². The number of rotatable bonds is 5. The van der Waals surface area contributed by atoms with Crippen LogP contribution in [0.3, 0.4) is 0 Å². The van der Waals surface area contributed by atoms with E-state index in [1.54, 1.807) is 18.4 Å². The maximum atomic E-state index is 4.63. The third-order valence-electron chi connectivity index (χ3n) is 4.35. The summed E-state index contributed by atoms with van der Waals surface area (Å²) in [6.45, 7) is 5.69. The fourth-order valence-electron chi connectivity index (χ4n) is 2.85. The molecule has 2 aromatic heterocycles. The molecule has 0 bridgehead atoms. The van der Waals surface area contributed by atoms with E-state index < -0.39 is 0 Å². The molecule has 0 saturated carbocycles. The minimum Gasteiger partial charge on any atom is -0.354 e. The average Bonchev–Trinajstić information content (AvgIpc) is 3.16. The van der Waals surface area contributed by atoms with Crippen molar-refractivity contribution in [3.63, 3.8) is 0 Å². The summed E-state index contributed by atoms with van der Waals surface area (Å²) >= 11 is 1.75. The van der Waals surface area contributed by atoms with Gasteiger partial charge in [0.25, 0.3) is 0 Å². The number of likely N-dealkylation sites (N-methyl/N-ethyl adjacent to an activating group) is 1. The lowest BCUT2D eigenvalue weighted by Gasteiger charge is -2.34. The number of hydrogen-bond donors (Lipinski definition) is 2. The Morgan fingerprint density at radius 1 is 1.16 bits per heavy atom. The first-order valence-electron chi connectivity index (χ1n) is 8.60. The van der Waals surface area contributed by atoms with Crippen LogP contribution >= 0.6 is 11.3 Å². The van der Waals surface area contributed by atoms with Crippen LogP contribution in [-0.2, 0) is 13.1 Å². The highest BCUT2D eigenvalue weighted by atomic mass is 32.1. The Balaban J connectivity index is 1.58. The summed E-state index contributed by atoms with van der Waals surface area (Å²) in [5, 5.41) is 8.85. The first kappa shape index (κ1) is 17.7. The molecule has 1 fully saturated rings. The van der Waals surface area contributed by atoms with Crippen LogP contribution in [0.15, 0.2) is 40.8 Å². The number of nitrogens with zero attached hydrogens (tertiary/aromatic N) is 4. The lowest BCUT2D eigenvalue weighted by atomic mass is 10.2. The lowest BCUT2D eigenvalue weighted by molar-refractivity contribution is 0.312. The van der Waals surface area contributed by atoms with Crippen LogP contribution in [0.2, 0.25) is 0 Å². The van der Waals surface area contributed by atoms with Gasteiger partial charge in [-0.05, 0) is 24.6 Å². The summed E-state index contributed by atoms with van der Waals surface area (Å²) in [5.41, 5.74) is 1.20. The Kier molecular flexibility index (Phi) is 6.25. The fraction of sp³-hybridized carbons (Fsp3) is 0.444. The zero-order chi connectivity index (χ0) is 17.5. The Bertz CT molecular complexity index is 677. The van der Waals surface area contributed by atoms with Crippen molar-refractivity contribution < 1.29 is 0 Å². The Morgan fingerprint density at radius 3 is 2.68 bits per heavy atom. The van der Waals surface area contributed by atoms with Crippen LogP contribution in [0.4, 0.5) is 5.82 Å². The predicted molar refractivity (Wildman–Crippen MR) is 105 cm³/mol. The second-order valence-electron chi connectivity index (χ2n) is 6.14. The van der Waals surface area contributed by atoms with E-state index in [0.29, 0.717) is 6.54 Å². The van der Waals surface area contributed by atoms with Crippen LogP contribution in [-0.4, -0.2) is 56.1 Å². The summed E-state index contributed by atoms with van der Waals surface area (Å²) in [7, 11) is 3.97. The molecule has 134 valence electrons. The van der Waals surface area contributed by atoms with Crippen molar-refractivity contribution in [1.82, 2.24) is 20.5 Å². The maximum Gasteiger partial charge on any atom is 0.191 e. The highest BCUT2D eigenvalue weighted by Crippen LogP contribution is 2.18. The molecule has 3 heterocycles. The van der Waals surface area contributed by atoms with Crippen molar-refractivity contribution in [2.24, 2.45) is 4.99 Å². The number of aromatic nitrogens is 1. The molecule has 0 atom stereocenters. The van der Waals surface area contributed by atoms with Gasteiger partial charge in [0.05, 0.1) is 6.54 Å². The van der Waals surface area contributed by atoms with E-state index in [0.717, 1.165) is 44.5 Å². The number of guanidine groups is 1. The normalized spacial score (nSPS) is 16.1.